The zero-order chi connectivity index (χ0) is 25.4. The van der Waals surface area contributed by atoms with Crippen molar-refractivity contribution in [3.05, 3.63) is 99.3 Å². The second-order valence-electron chi connectivity index (χ2n) is 9.09. The maximum atomic E-state index is 13.6. The Labute approximate surface area is 213 Å². The lowest BCUT2D eigenvalue weighted by molar-refractivity contribution is -0.127. The summed E-state index contributed by atoms with van der Waals surface area (Å²) in [6, 6.07) is 21.6. The molecule has 0 aliphatic carbocycles. The van der Waals surface area contributed by atoms with Crippen molar-refractivity contribution >= 4 is 34.3 Å². The van der Waals surface area contributed by atoms with E-state index in [2.05, 4.69) is 10.2 Å². The Morgan fingerprint density at radius 3 is 2.44 bits per heavy atom. The number of aromatic nitrogens is 4. The van der Waals surface area contributed by atoms with Gasteiger partial charge in [-0.1, -0.05) is 65.9 Å². The summed E-state index contributed by atoms with van der Waals surface area (Å²) in [7, 11) is 1.80. The maximum absolute atomic E-state index is 13.6. The van der Waals surface area contributed by atoms with Gasteiger partial charge in [-0.15, -0.1) is 10.2 Å². The third-order valence-electron chi connectivity index (χ3n) is 6.29. The third kappa shape index (κ3) is 4.40. The van der Waals surface area contributed by atoms with E-state index >= 15 is 0 Å². The van der Waals surface area contributed by atoms with Crippen LogP contribution in [0.5, 0.6) is 0 Å². The van der Waals surface area contributed by atoms with Crippen molar-refractivity contribution in [1.29, 1.82) is 0 Å². The first-order chi connectivity index (χ1) is 17.3. The minimum Gasteiger partial charge on any atom is -0.341 e. The molecule has 1 amide bonds. The summed E-state index contributed by atoms with van der Waals surface area (Å²) in [4.78, 5) is 28.2. The number of hydrogen-bond acceptors (Lipinski definition) is 5. The molecule has 5 rings (SSSR count). The second-order valence-corrected chi connectivity index (χ2v) is 10.0. The van der Waals surface area contributed by atoms with Crippen molar-refractivity contribution < 1.29 is 4.79 Å². The van der Waals surface area contributed by atoms with Crippen molar-refractivity contribution in [1.82, 2.24) is 24.1 Å². The molecule has 7 nitrogen and oxygen atoms in total. The molecular formula is C28H27N5O2S. The van der Waals surface area contributed by atoms with Gasteiger partial charge in [-0.2, -0.15) is 0 Å². The molecule has 0 bridgehead atoms. The van der Waals surface area contributed by atoms with Gasteiger partial charge in [-0.3, -0.25) is 14.0 Å². The van der Waals surface area contributed by atoms with Gasteiger partial charge >= 0.3 is 0 Å². The monoisotopic (exact) mass is 497 g/mol. The summed E-state index contributed by atoms with van der Waals surface area (Å²) in [6.45, 7) is 6.55. The van der Waals surface area contributed by atoms with Crippen LogP contribution in [0.4, 0.5) is 0 Å². The normalized spacial score (nSPS) is 11.3. The van der Waals surface area contributed by atoms with Gasteiger partial charge in [0.05, 0.1) is 22.3 Å². The Kier molecular flexibility index (Phi) is 6.36. The first-order valence-electron chi connectivity index (χ1n) is 11.7. The first-order valence-corrected chi connectivity index (χ1v) is 12.7. The predicted octanol–water partition coefficient (Wildman–Crippen LogP) is 4.71. The van der Waals surface area contributed by atoms with Crippen molar-refractivity contribution in [3.63, 3.8) is 0 Å². The maximum Gasteiger partial charge on any atom is 0.267 e. The van der Waals surface area contributed by atoms with E-state index in [1.807, 2.05) is 91.9 Å². The standard InChI is InChI=1S/C28H27N5O2S/c1-18-10-13-21(14-11-18)16-31(4)25(34)17-36-28-30-29-27-32(24-15-19(2)9-12-20(24)3)26(35)22-7-5-6-8-23(22)33(27)28/h5-15H,16-17H2,1-4H3. The Hall–Kier alpha value is -3.91. The highest BCUT2D eigenvalue weighted by Gasteiger charge is 2.20. The lowest BCUT2D eigenvalue weighted by atomic mass is 10.1. The summed E-state index contributed by atoms with van der Waals surface area (Å²) in [5.74, 6) is 0.625. The zero-order valence-corrected chi connectivity index (χ0v) is 21.5. The Bertz CT molecular complexity index is 1650. The van der Waals surface area contributed by atoms with E-state index in [-0.39, 0.29) is 17.2 Å². The Morgan fingerprint density at radius 2 is 1.67 bits per heavy atom. The number of fused-ring (bicyclic) bond motifs is 3. The molecule has 0 saturated heterocycles. The molecule has 0 fully saturated rings. The molecule has 0 radical (unpaired) electrons. The summed E-state index contributed by atoms with van der Waals surface area (Å²) in [5.41, 5.74) is 5.62. The highest BCUT2D eigenvalue weighted by atomic mass is 32.2. The van der Waals surface area contributed by atoms with E-state index in [1.165, 1.54) is 17.3 Å². The minimum atomic E-state index is -0.148. The molecule has 5 aromatic rings. The molecule has 3 aromatic carbocycles. The number of aryl methyl sites for hydroxylation is 3. The molecule has 0 spiro atoms. The van der Waals surface area contributed by atoms with Crippen molar-refractivity contribution in [2.24, 2.45) is 0 Å². The van der Waals surface area contributed by atoms with Crippen LogP contribution >= 0.6 is 11.8 Å². The highest BCUT2D eigenvalue weighted by molar-refractivity contribution is 7.99. The van der Waals surface area contributed by atoms with Crippen molar-refractivity contribution in [2.75, 3.05) is 12.8 Å². The average molecular weight is 498 g/mol. The van der Waals surface area contributed by atoms with Crippen molar-refractivity contribution in [3.8, 4) is 5.69 Å². The number of rotatable bonds is 6. The van der Waals surface area contributed by atoms with Crippen LogP contribution in [0.1, 0.15) is 22.3 Å². The number of carbonyl (C=O) groups excluding carboxylic acids is 1. The molecule has 0 atom stereocenters. The fourth-order valence-electron chi connectivity index (χ4n) is 4.24. The van der Waals surface area contributed by atoms with Gasteiger partial charge in [0.25, 0.3) is 5.56 Å². The molecule has 2 aromatic heterocycles. The van der Waals surface area contributed by atoms with Gasteiger partial charge in [-0.05, 0) is 55.7 Å². The quantitative estimate of drug-likeness (QED) is 0.318. The van der Waals surface area contributed by atoms with Gasteiger partial charge < -0.3 is 4.90 Å². The smallest absolute Gasteiger partial charge is 0.267 e. The highest BCUT2D eigenvalue weighted by Crippen LogP contribution is 2.25. The lowest BCUT2D eigenvalue weighted by Crippen LogP contribution is -2.28. The van der Waals surface area contributed by atoms with Crippen LogP contribution in [-0.2, 0) is 11.3 Å². The van der Waals surface area contributed by atoms with E-state index in [1.54, 1.807) is 16.5 Å². The van der Waals surface area contributed by atoms with E-state index < -0.39 is 0 Å². The van der Waals surface area contributed by atoms with Gasteiger partial charge in [0.2, 0.25) is 11.7 Å². The van der Waals surface area contributed by atoms with Crippen LogP contribution in [0.25, 0.3) is 22.4 Å². The molecule has 0 saturated carbocycles. The van der Waals surface area contributed by atoms with Gasteiger partial charge in [-0.25, -0.2) is 4.57 Å². The second kappa shape index (κ2) is 9.62. The fraction of sp³-hybridized carbons (Fsp3) is 0.214. The Morgan fingerprint density at radius 1 is 0.944 bits per heavy atom. The molecule has 2 heterocycles. The van der Waals surface area contributed by atoms with Crippen LogP contribution < -0.4 is 5.56 Å². The van der Waals surface area contributed by atoms with E-state index in [0.29, 0.717) is 28.4 Å². The predicted molar refractivity (Wildman–Crippen MR) is 144 cm³/mol. The SMILES string of the molecule is Cc1ccc(CN(C)C(=O)CSc2nnc3n(-c4cc(C)ccc4C)c(=O)c4ccccc4n23)cc1. The summed E-state index contributed by atoms with van der Waals surface area (Å²) >= 11 is 1.32. The largest absolute Gasteiger partial charge is 0.341 e. The number of hydrogen-bond donors (Lipinski definition) is 0. The van der Waals surface area contributed by atoms with E-state index in [4.69, 9.17) is 0 Å². The molecule has 182 valence electrons. The lowest BCUT2D eigenvalue weighted by Gasteiger charge is -2.17. The number of carbonyl (C=O) groups is 1. The van der Waals surface area contributed by atoms with Crippen LogP contribution in [0.15, 0.2) is 76.7 Å². The summed E-state index contributed by atoms with van der Waals surface area (Å²) in [6.07, 6.45) is 0. The van der Waals surface area contributed by atoms with Crippen LogP contribution in [0.2, 0.25) is 0 Å². The minimum absolute atomic E-state index is 0.00974. The van der Waals surface area contributed by atoms with Gasteiger partial charge in [0.15, 0.2) is 5.16 Å². The van der Waals surface area contributed by atoms with Crippen LogP contribution in [0, 0.1) is 20.8 Å². The number of para-hydroxylation sites is 1. The van der Waals surface area contributed by atoms with Crippen molar-refractivity contribution in [2.45, 2.75) is 32.5 Å². The average Bonchev–Trinajstić information content (AvgIpc) is 3.30. The number of benzene rings is 3. The molecule has 36 heavy (non-hydrogen) atoms. The molecule has 0 aliphatic heterocycles. The number of thioether (sulfide) groups is 1. The fourth-order valence-corrected chi connectivity index (χ4v) is 5.12. The third-order valence-corrected chi connectivity index (χ3v) is 7.20. The summed E-state index contributed by atoms with van der Waals surface area (Å²) < 4.78 is 3.49. The number of amides is 1. The van der Waals surface area contributed by atoms with Gasteiger partial charge in [0.1, 0.15) is 0 Å². The molecule has 8 heteroatoms. The van der Waals surface area contributed by atoms with Crippen LogP contribution in [0.3, 0.4) is 0 Å². The van der Waals surface area contributed by atoms with E-state index in [9.17, 15) is 9.59 Å². The molecule has 0 aliphatic rings. The molecule has 0 unspecified atom stereocenters. The van der Waals surface area contributed by atoms with E-state index in [0.717, 1.165) is 22.4 Å². The summed E-state index contributed by atoms with van der Waals surface area (Å²) in [5, 5.41) is 9.93. The van der Waals surface area contributed by atoms with Crippen LogP contribution in [-0.4, -0.2) is 42.8 Å². The first kappa shape index (κ1) is 23.8. The molecule has 0 N–H and O–H groups in total. The van der Waals surface area contributed by atoms with Gasteiger partial charge in [0, 0.05) is 13.6 Å². The Balaban J connectivity index is 1.52. The zero-order valence-electron chi connectivity index (χ0n) is 20.7. The number of nitrogens with zero attached hydrogens (tertiary/aromatic N) is 5. The topological polar surface area (TPSA) is 72.5 Å². The molecular weight excluding hydrogens is 470 g/mol.